The van der Waals surface area contributed by atoms with Crippen LogP contribution in [0.4, 0.5) is 0 Å². The first-order chi connectivity index (χ1) is 9.78. The average Bonchev–Trinajstić information content (AvgIpc) is 2.48. The van der Waals surface area contributed by atoms with Gasteiger partial charge in [-0.2, -0.15) is 0 Å². The van der Waals surface area contributed by atoms with Crippen LogP contribution in [0.3, 0.4) is 0 Å². The Morgan fingerprint density at radius 1 is 1.05 bits per heavy atom. The van der Waals surface area contributed by atoms with Crippen molar-refractivity contribution in [1.82, 2.24) is 25.6 Å². The van der Waals surface area contributed by atoms with Crippen LogP contribution in [0.25, 0.3) is 0 Å². The second kappa shape index (κ2) is 7.18. The molecule has 0 unspecified atom stereocenters. The van der Waals surface area contributed by atoms with Crippen LogP contribution in [0.1, 0.15) is 17.2 Å². The summed E-state index contributed by atoms with van der Waals surface area (Å²) in [7, 11) is 1.74. The predicted molar refractivity (Wildman–Crippen MR) is 78.0 cm³/mol. The normalized spacial score (nSPS) is 11.2. The Balaban J connectivity index is 1.84. The minimum atomic E-state index is 0.602. The van der Waals surface area contributed by atoms with Gasteiger partial charge in [-0.15, -0.1) is 0 Å². The van der Waals surface area contributed by atoms with Crippen LogP contribution in [0.5, 0.6) is 0 Å². The number of hydrogen-bond acceptors (Lipinski definition) is 4. The number of aryl methyl sites for hydroxylation is 1. The highest BCUT2D eigenvalue weighted by Crippen LogP contribution is 1.95. The summed E-state index contributed by atoms with van der Waals surface area (Å²) >= 11 is 0. The fourth-order valence-corrected chi connectivity index (χ4v) is 1.68. The van der Waals surface area contributed by atoms with Gasteiger partial charge >= 0.3 is 0 Å². The minimum absolute atomic E-state index is 0.602. The van der Waals surface area contributed by atoms with E-state index in [1.165, 1.54) is 0 Å². The van der Waals surface area contributed by atoms with Crippen molar-refractivity contribution in [3.63, 3.8) is 0 Å². The zero-order valence-corrected chi connectivity index (χ0v) is 11.7. The van der Waals surface area contributed by atoms with Gasteiger partial charge in [0.05, 0.1) is 24.5 Å². The van der Waals surface area contributed by atoms with Gasteiger partial charge < -0.3 is 10.6 Å². The fraction of sp³-hybridized carbons (Fsp3) is 0.286. The van der Waals surface area contributed by atoms with Crippen molar-refractivity contribution in [1.29, 1.82) is 0 Å². The van der Waals surface area contributed by atoms with E-state index in [1.807, 2.05) is 31.2 Å². The molecule has 0 amide bonds. The van der Waals surface area contributed by atoms with E-state index in [-0.39, 0.29) is 0 Å². The van der Waals surface area contributed by atoms with Crippen molar-refractivity contribution in [2.24, 2.45) is 4.99 Å². The number of nitrogens with one attached hydrogen (secondary N) is 2. The molecule has 0 aliphatic heterocycles. The maximum Gasteiger partial charge on any atom is 0.191 e. The summed E-state index contributed by atoms with van der Waals surface area (Å²) in [4.78, 5) is 16.8. The zero-order chi connectivity index (χ0) is 14.2. The second-order valence-electron chi connectivity index (χ2n) is 4.20. The van der Waals surface area contributed by atoms with Gasteiger partial charge in [-0.05, 0) is 25.1 Å². The summed E-state index contributed by atoms with van der Waals surface area (Å²) in [5, 5.41) is 6.41. The molecule has 2 N–H and O–H groups in total. The van der Waals surface area contributed by atoms with Gasteiger partial charge in [-0.3, -0.25) is 9.98 Å². The standard InChI is InChI=1S/C14H18N6/c1-11-16-8-6-13(20-11)10-19-14(15-2)18-9-12-5-3-4-7-17-12/h3-8H,9-10H2,1-2H3,(H2,15,18,19). The molecule has 6 nitrogen and oxygen atoms in total. The predicted octanol–water partition coefficient (Wildman–Crippen LogP) is 1.05. The van der Waals surface area contributed by atoms with Crippen molar-refractivity contribution >= 4 is 5.96 Å². The Morgan fingerprint density at radius 3 is 2.50 bits per heavy atom. The molecule has 104 valence electrons. The molecule has 2 rings (SSSR count). The first-order valence-electron chi connectivity index (χ1n) is 6.41. The van der Waals surface area contributed by atoms with Gasteiger partial charge in [0.15, 0.2) is 5.96 Å². The highest BCUT2D eigenvalue weighted by molar-refractivity contribution is 5.79. The molecule has 0 fully saturated rings. The third-order valence-electron chi connectivity index (χ3n) is 2.66. The zero-order valence-electron chi connectivity index (χ0n) is 11.7. The van der Waals surface area contributed by atoms with E-state index < -0.39 is 0 Å². The molecule has 0 aromatic carbocycles. The van der Waals surface area contributed by atoms with Crippen LogP contribution in [-0.2, 0) is 13.1 Å². The lowest BCUT2D eigenvalue weighted by Gasteiger charge is -2.11. The summed E-state index contributed by atoms with van der Waals surface area (Å²) in [6.07, 6.45) is 3.53. The van der Waals surface area contributed by atoms with Crippen molar-refractivity contribution in [2.75, 3.05) is 7.05 Å². The minimum Gasteiger partial charge on any atom is -0.351 e. The molecule has 0 aliphatic carbocycles. The molecule has 2 heterocycles. The summed E-state index contributed by atoms with van der Waals surface area (Å²) < 4.78 is 0. The maximum absolute atomic E-state index is 4.33. The summed E-state index contributed by atoms with van der Waals surface area (Å²) in [5.74, 6) is 1.48. The largest absolute Gasteiger partial charge is 0.351 e. The molecule has 0 radical (unpaired) electrons. The lowest BCUT2D eigenvalue weighted by molar-refractivity contribution is 0.776. The molecule has 0 atom stereocenters. The average molecular weight is 270 g/mol. The Hall–Kier alpha value is -2.50. The number of aromatic nitrogens is 3. The molecular formula is C14H18N6. The summed E-state index contributed by atoms with van der Waals surface area (Å²) in [6.45, 7) is 3.10. The van der Waals surface area contributed by atoms with Crippen molar-refractivity contribution in [3.05, 3.63) is 53.9 Å². The number of nitrogens with zero attached hydrogens (tertiary/aromatic N) is 4. The van der Waals surface area contributed by atoms with E-state index in [4.69, 9.17) is 0 Å². The van der Waals surface area contributed by atoms with E-state index in [0.717, 1.165) is 17.2 Å². The highest BCUT2D eigenvalue weighted by atomic mass is 15.2. The van der Waals surface area contributed by atoms with Crippen molar-refractivity contribution in [2.45, 2.75) is 20.0 Å². The van der Waals surface area contributed by atoms with Crippen molar-refractivity contribution < 1.29 is 0 Å². The molecular weight excluding hydrogens is 252 g/mol. The molecule has 0 saturated carbocycles. The number of aliphatic imine (C=N–C) groups is 1. The molecule has 6 heteroatoms. The molecule has 0 bridgehead atoms. The Kier molecular flexibility index (Phi) is 5.00. The van der Waals surface area contributed by atoms with Gasteiger partial charge in [0, 0.05) is 19.4 Å². The van der Waals surface area contributed by atoms with E-state index in [9.17, 15) is 0 Å². The van der Waals surface area contributed by atoms with Gasteiger partial charge in [-0.1, -0.05) is 6.07 Å². The van der Waals surface area contributed by atoms with Crippen molar-refractivity contribution in [3.8, 4) is 0 Å². The Morgan fingerprint density at radius 2 is 1.85 bits per heavy atom. The third kappa shape index (κ3) is 4.31. The van der Waals surface area contributed by atoms with Gasteiger partial charge in [-0.25, -0.2) is 9.97 Å². The molecule has 0 aliphatic rings. The fourth-order valence-electron chi connectivity index (χ4n) is 1.68. The number of pyridine rings is 1. The van der Waals surface area contributed by atoms with E-state index in [0.29, 0.717) is 19.0 Å². The van der Waals surface area contributed by atoms with Gasteiger partial charge in [0.25, 0.3) is 0 Å². The maximum atomic E-state index is 4.33. The van der Waals surface area contributed by atoms with Crippen LogP contribution in [0, 0.1) is 6.92 Å². The van der Waals surface area contributed by atoms with E-state index >= 15 is 0 Å². The smallest absolute Gasteiger partial charge is 0.191 e. The number of hydrogen-bond donors (Lipinski definition) is 2. The Bertz CT molecular complexity index is 567. The summed E-state index contributed by atoms with van der Waals surface area (Å²) in [6, 6.07) is 7.71. The quantitative estimate of drug-likeness (QED) is 0.641. The van der Waals surface area contributed by atoms with E-state index in [2.05, 4.69) is 30.6 Å². The molecule has 0 saturated heterocycles. The lowest BCUT2D eigenvalue weighted by atomic mass is 10.3. The van der Waals surface area contributed by atoms with Gasteiger partial charge in [0.1, 0.15) is 5.82 Å². The molecule has 2 aromatic rings. The monoisotopic (exact) mass is 270 g/mol. The van der Waals surface area contributed by atoms with E-state index in [1.54, 1.807) is 19.4 Å². The molecule has 20 heavy (non-hydrogen) atoms. The SMILES string of the molecule is CN=C(NCc1ccccn1)NCc1ccnc(C)n1. The number of rotatable bonds is 4. The van der Waals surface area contributed by atoms with Crippen LogP contribution >= 0.6 is 0 Å². The first kappa shape index (κ1) is 13.9. The highest BCUT2D eigenvalue weighted by Gasteiger charge is 2.00. The first-order valence-corrected chi connectivity index (χ1v) is 6.41. The van der Waals surface area contributed by atoms with Crippen LogP contribution in [0.15, 0.2) is 41.7 Å². The van der Waals surface area contributed by atoms with Crippen LogP contribution in [0.2, 0.25) is 0 Å². The van der Waals surface area contributed by atoms with Crippen LogP contribution < -0.4 is 10.6 Å². The topological polar surface area (TPSA) is 75.1 Å². The second-order valence-corrected chi connectivity index (χ2v) is 4.20. The number of guanidine groups is 1. The Labute approximate surface area is 118 Å². The lowest BCUT2D eigenvalue weighted by Crippen LogP contribution is -2.36. The van der Waals surface area contributed by atoms with Gasteiger partial charge in [0.2, 0.25) is 0 Å². The third-order valence-corrected chi connectivity index (χ3v) is 2.66. The molecule has 0 spiro atoms. The van der Waals surface area contributed by atoms with Crippen LogP contribution in [-0.4, -0.2) is 28.0 Å². The summed E-state index contributed by atoms with van der Waals surface area (Å²) in [5.41, 5.74) is 1.90. The molecule has 2 aromatic heterocycles.